The number of rotatable bonds is 2. The molecule has 0 radical (unpaired) electrons. The van der Waals surface area contributed by atoms with Gasteiger partial charge < -0.3 is 4.90 Å². The third-order valence-corrected chi connectivity index (χ3v) is 2.62. The first kappa shape index (κ1) is 12.3. The number of hydrogen-bond acceptors (Lipinski definition) is 3. The lowest BCUT2D eigenvalue weighted by molar-refractivity contribution is 0.567. The Kier molecular flexibility index (Phi) is 4.10. The summed E-state index contributed by atoms with van der Waals surface area (Å²) in [6, 6.07) is 7.36. The fourth-order valence-corrected chi connectivity index (χ4v) is 1.61. The van der Waals surface area contributed by atoms with Gasteiger partial charge in [0.05, 0.1) is 11.1 Å². The molecule has 0 spiro atoms. The van der Waals surface area contributed by atoms with Crippen molar-refractivity contribution in [2.24, 2.45) is 0 Å². The fraction of sp³-hybridized carbons (Fsp3) is 0.167. The third-order valence-electron chi connectivity index (χ3n) is 1.93. The van der Waals surface area contributed by atoms with Crippen LogP contribution in [0.3, 0.4) is 0 Å². The SMILES string of the molecule is CN(C)/C=C/c1cc(C#N)c(C#N)cc1Br. The molecule has 0 aromatic heterocycles. The molecule has 0 saturated carbocycles. The summed E-state index contributed by atoms with van der Waals surface area (Å²) in [5, 5.41) is 17.7. The maximum absolute atomic E-state index is 8.89. The van der Waals surface area contributed by atoms with Gasteiger partial charge in [-0.25, -0.2) is 0 Å². The summed E-state index contributed by atoms with van der Waals surface area (Å²) in [4.78, 5) is 1.90. The van der Waals surface area contributed by atoms with E-state index in [0.717, 1.165) is 10.0 Å². The van der Waals surface area contributed by atoms with Gasteiger partial charge in [0.1, 0.15) is 12.1 Å². The zero-order valence-electron chi connectivity index (χ0n) is 9.03. The molecule has 1 aromatic rings. The highest BCUT2D eigenvalue weighted by atomic mass is 79.9. The van der Waals surface area contributed by atoms with E-state index in [-0.39, 0.29) is 0 Å². The third kappa shape index (κ3) is 2.85. The summed E-state index contributed by atoms with van der Waals surface area (Å²) in [7, 11) is 3.83. The molecule has 0 aliphatic rings. The average Bonchev–Trinajstić information content (AvgIpc) is 2.26. The average molecular weight is 276 g/mol. The van der Waals surface area contributed by atoms with Crippen LogP contribution in [-0.2, 0) is 0 Å². The predicted octanol–water partition coefficient (Wildman–Crippen LogP) is 2.72. The van der Waals surface area contributed by atoms with E-state index in [1.54, 1.807) is 12.1 Å². The first-order valence-electron chi connectivity index (χ1n) is 4.57. The second-order valence-corrected chi connectivity index (χ2v) is 4.28. The van der Waals surface area contributed by atoms with Gasteiger partial charge in [-0.2, -0.15) is 10.5 Å². The van der Waals surface area contributed by atoms with Gasteiger partial charge in [0, 0.05) is 18.6 Å². The number of nitrogens with zero attached hydrogens (tertiary/aromatic N) is 3. The van der Waals surface area contributed by atoms with Gasteiger partial charge in [-0.1, -0.05) is 15.9 Å². The lowest BCUT2D eigenvalue weighted by atomic mass is 10.1. The van der Waals surface area contributed by atoms with Crippen molar-refractivity contribution in [3.8, 4) is 12.1 Å². The molecule has 16 heavy (non-hydrogen) atoms. The molecular weight excluding hydrogens is 266 g/mol. The molecule has 0 N–H and O–H groups in total. The van der Waals surface area contributed by atoms with Crippen molar-refractivity contribution < 1.29 is 0 Å². The van der Waals surface area contributed by atoms with Crippen LogP contribution in [-0.4, -0.2) is 19.0 Å². The van der Waals surface area contributed by atoms with E-state index in [9.17, 15) is 0 Å². The molecule has 1 rings (SSSR count). The van der Waals surface area contributed by atoms with Crippen LogP contribution in [0.4, 0.5) is 0 Å². The minimum atomic E-state index is 0.386. The van der Waals surface area contributed by atoms with Crippen molar-refractivity contribution in [1.29, 1.82) is 10.5 Å². The van der Waals surface area contributed by atoms with Crippen molar-refractivity contribution in [3.63, 3.8) is 0 Å². The second kappa shape index (κ2) is 5.34. The van der Waals surface area contributed by atoms with Gasteiger partial charge in [0.15, 0.2) is 0 Å². The summed E-state index contributed by atoms with van der Waals surface area (Å²) >= 11 is 3.37. The Labute approximate surface area is 103 Å². The van der Waals surface area contributed by atoms with Crippen molar-refractivity contribution in [1.82, 2.24) is 4.90 Å². The Balaban J connectivity index is 3.24. The Morgan fingerprint density at radius 3 is 2.25 bits per heavy atom. The molecule has 0 bridgehead atoms. The van der Waals surface area contributed by atoms with Crippen LogP contribution in [0.15, 0.2) is 22.8 Å². The molecule has 0 heterocycles. The minimum Gasteiger partial charge on any atom is -0.383 e. The topological polar surface area (TPSA) is 50.8 Å². The summed E-state index contributed by atoms with van der Waals surface area (Å²) in [5.41, 5.74) is 1.66. The molecule has 0 aliphatic carbocycles. The summed E-state index contributed by atoms with van der Waals surface area (Å²) in [6.45, 7) is 0. The summed E-state index contributed by atoms with van der Waals surface area (Å²) < 4.78 is 0.807. The van der Waals surface area contributed by atoms with E-state index in [1.165, 1.54) is 0 Å². The lowest BCUT2D eigenvalue weighted by Crippen LogP contribution is -1.99. The molecule has 3 nitrogen and oxygen atoms in total. The molecule has 80 valence electrons. The number of nitriles is 2. The summed E-state index contributed by atoms with van der Waals surface area (Å²) in [5.74, 6) is 0. The monoisotopic (exact) mass is 275 g/mol. The van der Waals surface area contributed by atoms with Gasteiger partial charge in [0.2, 0.25) is 0 Å². The predicted molar refractivity (Wildman–Crippen MR) is 66.3 cm³/mol. The van der Waals surface area contributed by atoms with Crippen LogP contribution < -0.4 is 0 Å². The second-order valence-electron chi connectivity index (χ2n) is 3.42. The first-order valence-corrected chi connectivity index (χ1v) is 5.36. The largest absolute Gasteiger partial charge is 0.383 e. The molecule has 0 unspecified atom stereocenters. The highest BCUT2D eigenvalue weighted by molar-refractivity contribution is 9.10. The summed E-state index contributed by atoms with van der Waals surface area (Å²) in [6.07, 6.45) is 3.76. The zero-order chi connectivity index (χ0) is 12.1. The van der Waals surface area contributed by atoms with E-state index in [4.69, 9.17) is 10.5 Å². The molecule has 0 atom stereocenters. The van der Waals surface area contributed by atoms with Gasteiger partial charge in [-0.15, -0.1) is 0 Å². The molecule has 1 aromatic carbocycles. The van der Waals surface area contributed by atoms with Gasteiger partial charge >= 0.3 is 0 Å². The molecule has 0 saturated heterocycles. The van der Waals surface area contributed by atoms with Crippen LogP contribution in [0.5, 0.6) is 0 Å². The van der Waals surface area contributed by atoms with E-state index >= 15 is 0 Å². The quantitative estimate of drug-likeness (QED) is 0.834. The standard InChI is InChI=1S/C12H10BrN3/c1-16(2)4-3-9-5-10(7-14)11(8-15)6-12(9)13/h3-6H,1-2H3/b4-3+. The lowest BCUT2D eigenvalue weighted by Gasteiger charge is -2.05. The number of benzene rings is 1. The fourth-order valence-electron chi connectivity index (χ4n) is 1.13. The number of halogens is 1. The van der Waals surface area contributed by atoms with Crippen LogP contribution in [0.25, 0.3) is 6.08 Å². The molecule has 0 fully saturated rings. The Bertz CT molecular complexity index is 504. The Morgan fingerprint density at radius 2 is 1.75 bits per heavy atom. The van der Waals surface area contributed by atoms with E-state index < -0.39 is 0 Å². The van der Waals surface area contributed by atoms with Gasteiger partial charge in [-0.3, -0.25) is 0 Å². The van der Waals surface area contributed by atoms with Crippen LogP contribution in [0, 0.1) is 22.7 Å². The minimum absolute atomic E-state index is 0.386. The molecule has 4 heteroatoms. The Hall–Kier alpha value is -1.78. The van der Waals surface area contributed by atoms with E-state index in [2.05, 4.69) is 15.9 Å². The van der Waals surface area contributed by atoms with Crippen molar-refractivity contribution >= 4 is 22.0 Å². The van der Waals surface area contributed by atoms with Crippen LogP contribution in [0.1, 0.15) is 16.7 Å². The normalized spacial score (nSPS) is 9.81. The highest BCUT2D eigenvalue weighted by Gasteiger charge is 2.05. The molecule has 0 amide bonds. The first-order chi connectivity index (χ1) is 7.58. The zero-order valence-corrected chi connectivity index (χ0v) is 10.6. The number of hydrogen-bond donors (Lipinski definition) is 0. The molecular formula is C12H10BrN3. The van der Waals surface area contributed by atoms with Crippen molar-refractivity contribution in [2.75, 3.05) is 14.1 Å². The smallest absolute Gasteiger partial charge is 0.101 e. The molecule has 0 aliphatic heterocycles. The van der Waals surface area contributed by atoms with Crippen molar-refractivity contribution in [2.45, 2.75) is 0 Å². The van der Waals surface area contributed by atoms with Crippen LogP contribution >= 0.6 is 15.9 Å². The van der Waals surface area contributed by atoms with Crippen molar-refractivity contribution in [3.05, 3.63) is 39.5 Å². The highest BCUT2D eigenvalue weighted by Crippen LogP contribution is 2.22. The maximum atomic E-state index is 8.89. The Morgan fingerprint density at radius 1 is 1.19 bits per heavy atom. The van der Waals surface area contributed by atoms with E-state index in [1.807, 2.05) is 43.4 Å². The van der Waals surface area contributed by atoms with Gasteiger partial charge in [-0.05, 0) is 30.0 Å². The maximum Gasteiger partial charge on any atom is 0.101 e. The van der Waals surface area contributed by atoms with E-state index in [0.29, 0.717) is 11.1 Å². The van der Waals surface area contributed by atoms with Crippen LogP contribution in [0.2, 0.25) is 0 Å². The van der Waals surface area contributed by atoms with Gasteiger partial charge in [0.25, 0.3) is 0 Å².